The number of ether oxygens (including phenoxy) is 2. The van der Waals surface area contributed by atoms with Gasteiger partial charge >= 0.3 is 0 Å². The first-order valence-electron chi connectivity index (χ1n) is 11.5. The van der Waals surface area contributed by atoms with Crippen LogP contribution in [-0.4, -0.2) is 24.7 Å². The maximum Gasteiger partial charge on any atom is 0.249 e. The lowest BCUT2D eigenvalue weighted by Gasteiger charge is -2.36. The van der Waals surface area contributed by atoms with Gasteiger partial charge in [-0.25, -0.2) is 0 Å². The van der Waals surface area contributed by atoms with E-state index in [2.05, 4.69) is 39.5 Å². The molecule has 34 heavy (non-hydrogen) atoms. The molecule has 1 saturated heterocycles. The molecule has 0 saturated carbocycles. The molecule has 2 aromatic carbocycles. The number of aromatic amines is 1. The van der Waals surface area contributed by atoms with Crippen molar-refractivity contribution in [2.75, 3.05) is 29.9 Å². The van der Waals surface area contributed by atoms with E-state index in [1.54, 1.807) is 24.8 Å². The molecule has 1 atom stereocenters. The van der Waals surface area contributed by atoms with Crippen LogP contribution in [0.15, 0.2) is 82.5 Å². The van der Waals surface area contributed by atoms with Crippen LogP contribution in [-0.2, 0) is 17.7 Å². The summed E-state index contributed by atoms with van der Waals surface area (Å²) in [5.74, 6) is 1.75. The van der Waals surface area contributed by atoms with Gasteiger partial charge in [-0.3, -0.25) is 4.79 Å². The van der Waals surface area contributed by atoms with Gasteiger partial charge in [0.15, 0.2) is 0 Å². The van der Waals surface area contributed by atoms with Crippen LogP contribution in [0.4, 0.5) is 11.4 Å². The molecule has 4 aromatic rings. The van der Waals surface area contributed by atoms with Gasteiger partial charge in [0.1, 0.15) is 17.6 Å². The molecule has 7 heteroatoms. The maximum absolute atomic E-state index is 11.8. The van der Waals surface area contributed by atoms with Crippen LogP contribution in [0.25, 0.3) is 0 Å². The number of H-pyrrole nitrogens is 1. The average Bonchev–Trinajstić information content (AvgIpc) is 3.40. The van der Waals surface area contributed by atoms with Crippen molar-refractivity contribution in [3.05, 3.63) is 106 Å². The molecule has 2 aliphatic rings. The van der Waals surface area contributed by atoms with E-state index in [-0.39, 0.29) is 11.7 Å². The lowest BCUT2D eigenvalue weighted by Crippen LogP contribution is -2.39. The minimum Gasteiger partial charge on any atom is -0.472 e. The third-order valence-electron chi connectivity index (χ3n) is 6.39. The quantitative estimate of drug-likeness (QED) is 0.394. The van der Waals surface area contributed by atoms with Crippen molar-refractivity contribution in [1.82, 2.24) is 4.98 Å². The molecule has 2 aliphatic heterocycles. The topological polar surface area (TPSA) is 79.7 Å². The summed E-state index contributed by atoms with van der Waals surface area (Å²) in [6.45, 7) is 2.70. The Labute approximate surface area is 196 Å². The Kier molecular flexibility index (Phi) is 5.31. The molecular weight excluding hydrogens is 430 g/mol. The fourth-order valence-corrected chi connectivity index (χ4v) is 4.66. The van der Waals surface area contributed by atoms with Crippen LogP contribution < -0.4 is 20.5 Å². The Morgan fingerprint density at radius 3 is 2.94 bits per heavy atom. The van der Waals surface area contributed by atoms with Crippen molar-refractivity contribution in [1.29, 1.82) is 0 Å². The average molecular weight is 456 g/mol. The van der Waals surface area contributed by atoms with Crippen molar-refractivity contribution in [3.63, 3.8) is 0 Å². The molecule has 6 rings (SSSR count). The molecule has 0 aliphatic carbocycles. The smallest absolute Gasteiger partial charge is 0.249 e. The minimum atomic E-state index is -0.138. The van der Waals surface area contributed by atoms with Gasteiger partial charge in [-0.1, -0.05) is 18.2 Å². The van der Waals surface area contributed by atoms with Gasteiger partial charge in [0, 0.05) is 66.4 Å². The molecule has 0 bridgehead atoms. The van der Waals surface area contributed by atoms with Crippen LogP contribution >= 0.6 is 0 Å². The zero-order chi connectivity index (χ0) is 22.9. The Bertz CT molecular complexity index is 1360. The molecule has 2 aromatic heterocycles. The first-order chi connectivity index (χ1) is 16.7. The third kappa shape index (κ3) is 4.06. The van der Waals surface area contributed by atoms with Gasteiger partial charge < -0.3 is 29.1 Å². The summed E-state index contributed by atoms with van der Waals surface area (Å²) in [7, 11) is 0. The van der Waals surface area contributed by atoms with Crippen molar-refractivity contribution in [2.45, 2.75) is 19.1 Å². The second-order valence-electron chi connectivity index (χ2n) is 8.64. The molecule has 0 spiro atoms. The number of morpholine rings is 1. The maximum atomic E-state index is 11.8. The summed E-state index contributed by atoms with van der Waals surface area (Å²) in [5, 5.41) is 3.44. The first kappa shape index (κ1) is 20.6. The number of nitrogens with one attached hydrogen (secondary N) is 2. The van der Waals surface area contributed by atoms with E-state index in [4.69, 9.17) is 13.9 Å². The lowest BCUT2D eigenvalue weighted by molar-refractivity contribution is 0.0384. The monoisotopic (exact) mass is 455 g/mol. The normalized spacial score (nSPS) is 16.9. The lowest BCUT2D eigenvalue weighted by atomic mass is 9.95. The summed E-state index contributed by atoms with van der Waals surface area (Å²) in [6, 6.07) is 18.0. The molecule has 1 fully saturated rings. The van der Waals surface area contributed by atoms with Crippen molar-refractivity contribution in [3.8, 4) is 11.5 Å². The minimum absolute atomic E-state index is 0.101. The number of nitrogens with zero attached hydrogens (tertiary/aromatic N) is 1. The highest BCUT2D eigenvalue weighted by Gasteiger charge is 2.28. The van der Waals surface area contributed by atoms with Gasteiger partial charge in [0.05, 0.1) is 19.1 Å². The number of hydrogen-bond acceptors (Lipinski definition) is 6. The number of aromatic nitrogens is 1. The molecule has 7 nitrogen and oxygen atoms in total. The summed E-state index contributed by atoms with van der Waals surface area (Å²) < 4.78 is 17.7. The van der Waals surface area contributed by atoms with Gasteiger partial charge in [-0.05, 0) is 35.9 Å². The van der Waals surface area contributed by atoms with Crippen molar-refractivity contribution >= 4 is 11.4 Å². The highest BCUT2D eigenvalue weighted by Crippen LogP contribution is 2.43. The van der Waals surface area contributed by atoms with Gasteiger partial charge in [-0.15, -0.1) is 0 Å². The predicted octanol–water partition coefficient (Wildman–Crippen LogP) is 4.85. The van der Waals surface area contributed by atoms with Crippen molar-refractivity contribution < 1.29 is 13.9 Å². The van der Waals surface area contributed by atoms with Gasteiger partial charge in [-0.2, -0.15) is 0 Å². The Hall–Kier alpha value is -3.97. The van der Waals surface area contributed by atoms with Crippen LogP contribution in [0.1, 0.15) is 28.4 Å². The molecule has 0 amide bonds. The summed E-state index contributed by atoms with van der Waals surface area (Å²) in [5.41, 5.74) is 6.29. The number of benzene rings is 2. The second kappa shape index (κ2) is 8.76. The van der Waals surface area contributed by atoms with E-state index in [0.717, 1.165) is 58.1 Å². The number of anilines is 2. The van der Waals surface area contributed by atoms with Crippen LogP contribution in [0, 0.1) is 0 Å². The fourth-order valence-electron chi connectivity index (χ4n) is 4.66. The molecule has 0 radical (unpaired) electrons. The summed E-state index contributed by atoms with van der Waals surface area (Å²) in [4.78, 5) is 16.6. The van der Waals surface area contributed by atoms with E-state index < -0.39 is 0 Å². The molecule has 172 valence electrons. The van der Waals surface area contributed by atoms with Crippen LogP contribution in [0.5, 0.6) is 11.5 Å². The number of fused-ring (bicyclic) bond motifs is 2. The van der Waals surface area contributed by atoms with Gasteiger partial charge in [0.25, 0.3) is 0 Å². The molecule has 2 N–H and O–H groups in total. The number of pyridine rings is 1. The Morgan fingerprint density at radius 2 is 2.06 bits per heavy atom. The van der Waals surface area contributed by atoms with Crippen LogP contribution in [0.2, 0.25) is 0 Å². The Balaban J connectivity index is 1.22. The van der Waals surface area contributed by atoms with E-state index >= 15 is 0 Å². The van der Waals surface area contributed by atoms with E-state index in [1.807, 2.05) is 24.3 Å². The molecule has 1 unspecified atom stereocenters. The summed E-state index contributed by atoms with van der Waals surface area (Å²) in [6.07, 6.45) is 5.77. The van der Waals surface area contributed by atoms with E-state index in [0.29, 0.717) is 19.7 Å². The third-order valence-corrected chi connectivity index (χ3v) is 6.39. The highest BCUT2D eigenvalue weighted by atomic mass is 16.5. The van der Waals surface area contributed by atoms with Crippen molar-refractivity contribution in [2.24, 2.45) is 0 Å². The SMILES string of the molecule is O=c1cc(N2CCOC(c3cccc4c3Oc3ccc(NCc5ccoc5)cc3C4)C2)cc[nH]1. The van der Waals surface area contributed by atoms with Gasteiger partial charge in [0.2, 0.25) is 5.56 Å². The zero-order valence-corrected chi connectivity index (χ0v) is 18.6. The number of furan rings is 1. The first-order valence-corrected chi connectivity index (χ1v) is 11.5. The largest absolute Gasteiger partial charge is 0.472 e. The molecule has 4 heterocycles. The predicted molar refractivity (Wildman–Crippen MR) is 130 cm³/mol. The van der Waals surface area contributed by atoms with Crippen LogP contribution in [0.3, 0.4) is 0 Å². The second-order valence-corrected chi connectivity index (χ2v) is 8.64. The standard InChI is InChI=1S/C27H25N3O4/c31-26-14-22(6-8-28-26)30-9-11-33-25(16-30)23-3-1-2-19-12-20-13-21(4-5-24(20)34-27(19)23)29-15-18-7-10-32-17-18/h1-8,10,13-14,17,25,29H,9,11-12,15-16H2,(H,28,31). The number of rotatable bonds is 5. The van der Waals surface area contributed by atoms with E-state index in [9.17, 15) is 4.79 Å². The fraction of sp³-hybridized carbons (Fsp3) is 0.222. The highest BCUT2D eigenvalue weighted by molar-refractivity contribution is 5.59. The molecular formula is C27H25N3O4. The summed E-state index contributed by atoms with van der Waals surface area (Å²) >= 11 is 0. The zero-order valence-electron chi connectivity index (χ0n) is 18.6. The Morgan fingerprint density at radius 1 is 1.09 bits per heavy atom. The van der Waals surface area contributed by atoms with E-state index in [1.165, 1.54) is 0 Å². The number of para-hydroxylation sites is 1. The number of hydrogen-bond donors (Lipinski definition) is 2.